The highest BCUT2D eigenvalue weighted by Crippen LogP contribution is 2.21. The molecule has 0 unspecified atom stereocenters. The minimum atomic E-state index is -0.619. The molecule has 7 heteroatoms. The number of carbonyl (C=O) groups excluding carboxylic acids is 1. The number of aromatic nitrogens is 4. The summed E-state index contributed by atoms with van der Waals surface area (Å²) in [6.07, 6.45) is 4.54. The highest BCUT2D eigenvalue weighted by atomic mass is 16.2. The SMILES string of the molecule is CC(C)(C)[C@@H](N)C(=O)Nc1cccnc1-n1cncn1. The van der Waals surface area contributed by atoms with Gasteiger partial charge in [-0.15, -0.1) is 0 Å². The summed E-state index contributed by atoms with van der Waals surface area (Å²) in [6, 6.07) is 2.86. The molecule has 0 spiro atoms. The first-order chi connectivity index (χ1) is 9.39. The molecule has 0 bridgehead atoms. The lowest BCUT2D eigenvalue weighted by molar-refractivity contribution is -0.119. The molecule has 2 heterocycles. The number of anilines is 1. The highest BCUT2D eigenvalue weighted by molar-refractivity contribution is 5.96. The molecule has 2 aromatic rings. The first-order valence-corrected chi connectivity index (χ1v) is 6.26. The van der Waals surface area contributed by atoms with Gasteiger partial charge in [0.1, 0.15) is 12.7 Å². The lowest BCUT2D eigenvalue weighted by Crippen LogP contribution is -2.45. The molecule has 3 N–H and O–H groups in total. The second-order valence-electron chi connectivity index (χ2n) is 5.55. The van der Waals surface area contributed by atoms with Crippen molar-refractivity contribution in [2.45, 2.75) is 26.8 Å². The fourth-order valence-electron chi connectivity index (χ4n) is 1.60. The van der Waals surface area contributed by atoms with E-state index in [-0.39, 0.29) is 11.3 Å². The average Bonchev–Trinajstić information content (AvgIpc) is 2.91. The van der Waals surface area contributed by atoms with Crippen molar-refractivity contribution in [1.29, 1.82) is 0 Å². The summed E-state index contributed by atoms with van der Waals surface area (Å²) >= 11 is 0. The van der Waals surface area contributed by atoms with E-state index in [9.17, 15) is 4.79 Å². The van der Waals surface area contributed by atoms with Crippen LogP contribution < -0.4 is 11.1 Å². The summed E-state index contributed by atoms with van der Waals surface area (Å²) in [5.41, 5.74) is 6.17. The van der Waals surface area contributed by atoms with Crippen LogP contribution in [0.5, 0.6) is 0 Å². The standard InChI is InChI=1S/C13H18N6O/c1-13(2,3)10(14)12(20)18-9-5-4-6-16-11(9)19-8-15-7-17-19/h4-8,10H,14H2,1-3H3,(H,18,20)/t10-/m0/s1. The van der Waals surface area contributed by atoms with Gasteiger partial charge in [0, 0.05) is 6.20 Å². The van der Waals surface area contributed by atoms with Crippen LogP contribution in [0.15, 0.2) is 31.0 Å². The normalized spacial score (nSPS) is 13.0. The number of pyridine rings is 1. The van der Waals surface area contributed by atoms with Crippen molar-refractivity contribution in [2.75, 3.05) is 5.32 Å². The second-order valence-corrected chi connectivity index (χ2v) is 5.55. The van der Waals surface area contributed by atoms with E-state index in [4.69, 9.17) is 5.73 Å². The summed E-state index contributed by atoms with van der Waals surface area (Å²) in [5.74, 6) is 0.242. The Morgan fingerprint density at radius 3 is 2.80 bits per heavy atom. The van der Waals surface area contributed by atoms with Crippen LogP contribution in [0, 0.1) is 5.41 Å². The van der Waals surface area contributed by atoms with Gasteiger partial charge in [-0.2, -0.15) is 5.10 Å². The van der Waals surface area contributed by atoms with Gasteiger partial charge in [-0.1, -0.05) is 20.8 Å². The Morgan fingerprint density at radius 2 is 2.20 bits per heavy atom. The molecule has 0 saturated carbocycles. The van der Waals surface area contributed by atoms with Gasteiger partial charge < -0.3 is 11.1 Å². The summed E-state index contributed by atoms with van der Waals surface area (Å²) in [5, 5.41) is 6.80. The number of rotatable bonds is 3. The lowest BCUT2D eigenvalue weighted by Gasteiger charge is -2.26. The second kappa shape index (κ2) is 5.38. The van der Waals surface area contributed by atoms with Gasteiger partial charge in [0.2, 0.25) is 5.91 Å². The predicted octanol–water partition coefficient (Wildman–Crippen LogP) is 0.974. The zero-order valence-electron chi connectivity index (χ0n) is 11.7. The predicted molar refractivity (Wildman–Crippen MR) is 75.2 cm³/mol. The number of hydrogen-bond donors (Lipinski definition) is 2. The maximum absolute atomic E-state index is 12.2. The van der Waals surface area contributed by atoms with Crippen molar-refractivity contribution >= 4 is 11.6 Å². The van der Waals surface area contributed by atoms with Crippen LogP contribution in [0.25, 0.3) is 5.82 Å². The number of nitrogens with zero attached hydrogens (tertiary/aromatic N) is 4. The zero-order valence-corrected chi connectivity index (χ0v) is 11.7. The van der Waals surface area contributed by atoms with E-state index >= 15 is 0 Å². The number of nitrogens with one attached hydrogen (secondary N) is 1. The van der Waals surface area contributed by atoms with Gasteiger partial charge in [-0.05, 0) is 17.5 Å². The first kappa shape index (κ1) is 14.1. The largest absolute Gasteiger partial charge is 0.322 e. The fourth-order valence-corrected chi connectivity index (χ4v) is 1.60. The average molecular weight is 274 g/mol. The molecule has 1 amide bonds. The minimum absolute atomic E-state index is 0.258. The molecule has 0 aliphatic carbocycles. The Kier molecular flexibility index (Phi) is 3.80. The minimum Gasteiger partial charge on any atom is -0.322 e. The van der Waals surface area contributed by atoms with Gasteiger partial charge in [0.05, 0.1) is 11.7 Å². The van der Waals surface area contributed by atoms with E-state index in [2.05, 4.69) is 20.4 Å². The van der Waals surface area contributed by atoms with E-state index in [1.807, 2.05) is 20.8 Å². The maximum Gasteiger partial charge on any atom is 0.241 e. The molecule has 2 aromatic heterocycles. The quantitative estimate of drug-likeness (QED) is 0.869. The number of hydrogen-bond acceptors (Lipinski definition) is 5. The van der Waals surface area contributed by atoms with Crippen molar-refractivity contribution in [2.24, 2.45) is 11.1 Å². The topological polar surface area (TPSA) is 98.7 Å². The molecule has 2 rings (SSSR count). The van der Waals surface area contributed by atoms with Crippen LogP contribution in [0.2, 0.25) is 0 Å². The third-order valence-electron chi connectivity index (χ3n) is 2.90. The van der Waals surface area contributed by atoms with E-state index in [1.165, 1.54) is 17.3 Å². The summed E-state index contributed by atoms with van der Waals surface area (Å²) in [4.78, 5) is 20.2. The van der Waals surface area contributed by atoms with Crippen molar-refractivity contribution in [3.63, 3.8) is 0 Å². The molecule has 0 fully saturated rings. The monoisotopic (exact) mass is 274 g/mol. The van der Waals surface area contributed by atoms with E-state index < -0.39 is 6.04 Å². The fraction of sp³-hybridized carbons (Fsp3) is 0.385. The van der Waals surface area contributed by atoms with Gasteiger partial charge in [0.15, 0.2) is 5.82 Å². The highest BCUT2D eigenvalue weighted by Gasteiger charge is 2.28. The van der Waals surface area contributed by atoms with Crippen molar-refractivity contribution < 1.29 is 4.79 Å². The van der Waals surface area contributed by atoms with Crippen LogP contribution in [-0.4, -0.2) is 31.7 Å². The lowest BCUT2D eigenvalue weighted by atomic mass is 9.87. The molecular weight excluding hydrogens is 256 g/mol. The number of nitrogens with two attached hydrogens (primary N) is 1. The number of carbonyl (C=O) groups is 1. The van der Waals surface area contributed by atoms with Crippen LogP contribution in [0.3, 0.4) is 0 Å². The Labute approximate surface area is 117 Å². The molecule has 1 atom stereocenters. The molecule has 0 radical (unpaired) electrons. The van der Waals surface area contributed by atoms with Crippen molar-refractivity contribution in [1.82, 2.24) is 19.7 Å². The Bertz CT molecular complexity index is 587. The van der Waals surface area contributed by atoms with E-state index in [0.717, 1.165) is 0 Å². The Hall–Kier alpha value is -2.28. The van der Waals surface area contributed by atoms with Gasteiger partial charge in [-0.3, -0.25) is 4.79 Å². The molecule has 0 aliphatic rings. The third-order valence-corrected chi connectivity index (χ3v) is 2.90. The smallest absolute Gasteiger partial charge is 0.241 e. The maximum atomic E-state index is 12.2. The molecule has 0 aliphatic heterocycles. The summed E-state index contributed by atoms with van der Waals surface area (Å²) in [6.45, 7) is 5.75. The van der Waals surface area contributed by atoms with Crippen molar-refractivity contribution in [3.8, 4) is 5.82 Å². The Morgan fingerprint density at radius 1 is 1.45 bits per heavy atom. The van der Waals surface area contributed by atoms with Crippen molar-refractivity contribution in [3.05, 3.63) is 31.0 Å². The van der Waals surface area contributed by atoms with Crippen LogP contribution in [-0.2, 0) is 4.79 Å². The molecule has 106 valence electrons. The van der Waals surface area contributed by atoms with Gasteiger partial charge in [-0.25, -0.2) is 14.6 Å². The molecule has 0 aromatic carbocycles. The van der Waals surface area contributed by atoms with Gasteiger partial charge >= 0.3 is 0 Å². The summed E-state index contributed by atoms with van der Waals surface area (Å²) in [7, 11) is 0. The van der Waals surface area contributed by atoms with Gasteiger partial charge in [0.25, 0.3) is 0 Å². The number of amides is 1. The van der Waals surface area contributed by atoms with Crippen LogP contribution >= 0.6 is 0 Å². The summed E-state index contributed by atoms with van der Waals surface area (Å²) < 4.78 is 1.48. The van der Waals surface area contributed by atoms with Crippen LogP contribution in [0.1, 0.15) is 20.8 Å². The van der Waals surface area contributed by atoms with E-state index in [1.54, 1.807) is 18.3 Å². The molecule has 20 heavy (non-hydrogen) atoms. The van der Waals surface area contributed by atoms with E-state index in [0.29, 0.717) is 11.5 Å². The molecular formula is C13H18N6O. The van der Waals surface area contributed by atoms with Crippen LogP contribution in [0.4, 0.5) is 5.69 Å². The first-order valence-electron chi connectivity index (χ1n) is 6.26. The Balaban J connectivity index is 2.25. The molecule has 7 nitrogen and oxygen atoms in total. The zero-order chi connectivity index (χ0) is 14.8. The third kappa shape index (κ3) is 3.00. The molecule has 0 saturated heterocycles.